The van der Waals surface area contributed by atoms with Gasteiger partial charge < -0.3 is 5.32 Å². The second-order valence-electron chi connectivity index (χ2n) is 6.48. The Bertz CT molecular complexity index is 739. The van der Waals surface area contributed by atoms with Gasteiger partial charge in [0.1, 0.15) is 0 Å². The third kappa shape index (κ3) is 4.15. The minimum atomic E-state index is 0.135. The lowest BCUT2D eigenvalue weighted by molar-refractivity contribution is -0.126. The molecule has 3 heteroatoms. The Balaban J connectivity index is 1.45. The Morgan fingerprint density at radius 1 is 1.17 bits per heavy atom. The molecule has 0 aliphatic carbocycles. The van der Waals surface area contributed by atoms with Crippen LogP contribution in [-0.2, 0) is 11.2 Å². The van der Waals surface area contributed by atoms with Gasteiger partial charge in [-0.1, -0.05) is 48.4 Å². The van der Waals surface area contributed by atoms with E-state index >= 15 is 0 Å². The first-order valence-corrected chi connectivity index (χ1v) is 8.67. The van der Waals surface area contributed by atoms with Crippen molar-refractivity contribution in [3.8, 4) is 12.3 Å². The van der Waals surface area contributed by atoms with Crippen molar-refractivity contribution in [1.82, 2.24) is 10.2 Å². The van der Waals surface area contributed by atoms with E-state index in [0.717, 1.165) is 32.4 Å². The molecular formula is C21H24N2O. The number of benzene rings is 2. The van der Waals surface area contributed by atoms with Crippen molar-refractivity contribution in [3.05, 3.63) is 48.0 Å². The van der Waals surface area contributed by atoms with E-state index in [1.807, 2.05) is 0 Å². The van der Waals surface area contributed by atoms with Gasteiger partial charge in [0, 0.05) is 12.5 Å². The molecule has 0 aromatic heterocycles. The molecule has 1 aliphatic rings. The molecule has 0 unspecified atom stereocenters. The number of nitrogens with zero attached hydrogens (tertiary/aromatic N) is 1. The first kappa shape index (κ1) is 16.5. The minimum Gasteiger partial charge on any atom is -0.356 e. The Labute approximate surface area is 144 Å². The van der Waals surface area contributed by atoms with Crippen LogP contribution in [0.3, 0.4) is 0 Å². The van der Waals surface area contributed by atoms with E-state index in [9.17, 15) is 4.79 Å². The number of rotatable bonds is 5. The van der Waals surface area contributed by atoms with Crippen LogP contribution >= 0.6 is 0 Å². The van der Waals surface area contributed by atoms with E-state index < -0.39 is 0 Å². The monoisotopic (exact) mass is 320 g/mol. The van der Waals surface area contributed by atoms with Crippen molar-refractivity contribution in [1.29, 1.82) is 0 Å². The van der Waals surface area contributed by atoms with Crippen LogP contribution in [0.4, 0.5) is 0 Å². The van der Waals surface area contributed by atoms with Crippen molar-refractivity contribution in [2.75, 3.05) is 26.2 Å². The van der Waals surface area contributed by atoms with Crippen LogP contribution in [0, 0.1) is 18.3 Å². The topological polar surface area (TPSA) is 32.3 Å². The van der Waals surface area contributed by atoms with Gasteiger partial charge in [0.05, 0.1) is 6.54 Å². The Hall–Kier alpha value is -2.31. The van der Waals surface area contributed by atoms with Crippen molar-refractivity contribution in [2.45, 2.75) is 19.3 Å². The third-order valence-corrected chi connectivity index (χ3v) is 4.80. The molecule has 1 aliphatic heterocycles. The zero-order valence-electron chi connectivity index (χ0n) is 14.0. The molecule has 2 aromatic rings. The molecule has 3 rings (SSSR count). The van der Waals surface area contributed by atoms with Gasteiger partial charge in [-0.3, -0.25) is 9.69 Å². The molecule has 0 atom stereocenters. The van der Waals surface area contributed by atoms with Gasteiger partial charge >= 0.3 is 0 Å². The molecule has 0 bridgehead atoms. The summed E-state index contributed by atoms with van der Waals surface area (Å²) >= 11 is 0. The molecule has 124 valence electrons. The Morgan fingerprint density at radius 2 is 1.92 bits per heavy atom. The number of carbonyl (C=O) groups is 1. The molecule has 1 fully saturated rings. The van der Waals surface area contributed by atoms with Crippen LogP contribution in [0.25, 0.3) is 10.8 Å². The Morgan fingerprint density at radius 3 is 2.67 bits per heavy atom. The minimum absolute atomic E-state index is 0.135. The van der Waals surface area contributed by atoms with E-state index in [4.69, 9.17) is 6.42 Å². The van der Waals surface area contributed by atoms with Crippen LogP contribution in [0.1, 0.15) is 18.4 Å². The van der Waals surface area contributed by atoms with E-state index in [-0.39, 0.29) is 11.8 Å². The first-order chi connectivity index (χ1) is 11.8. The smallest absolute Gasteiger partial charge is 0.223 e. The zero-order valence-corrected chi connectivity index (χ0v) is 14.0. The molecule has 1 heterocycles. The number of hydrogen-bond acceptors (Lipinski definition) is 2. The number of likely N-dealkylation sites (tertiary alicyclic amines) is 1. The fraction of sp³-hybridized carbons (Fsp3) is 0.381. The average molecular weight is 320 g/mol. The molecule has 1 saturated heterocycles. The van der Waals surface area contributed by atoms with E-state index in [1.54, 1.807) is 0 Å². The normalized spacial score (nSPS) is 16.0. The number of nitrogens with one attached hydrogen (secondary N) is 1. The number of carbonyl (C=O) groups excluding carboxylic acids is 1. The lowest BCUT2D eigenvalue weighted by Crippen LogP contribution is -2.41. The van der Waals surface area contributed by atoms with E-state index in [2.05, 4.69) is 58.6 Å². The quantitative estimate of drug-likeness (QED) is 0.859. The molecule has 1 amide bonds. The summed E-state index contributed by atoms with van der Waals surface area (Å²) in [6.45, 7) is 3.23. The molecule has 24 heavy (non-hydrogen) atoms. The summed E-state index contributed by atoms with van der Waals surface area (Å²) in [5.41, 5.74) is 1.26. The number of hydrogen-bond donors (Lipinski definition) is 1. The van der Waals surface area contributed by atoms with Crippen LogP contribution in [-0.4, -0.2) is 37.0 Å². The van der Waals surface area contributed by atoms with E-state index in [1.165, 1.54) is 16.3 Å². The lowest BCUT2D eigenvalue weighted by atomic mass is 9.96. The zero-order chi connectivity index (χ0) is 16.8. The fourth-order valence-corrected chi connectivity index (χ4v) is 3.35. The second-order valence-corrected chi connectivity index (χ2v) is 6.48. The Kier molecular flexibility index (Phi) is 5.51. The van der Waals surface area contributed by atoms with Gasteiger partial charge in [-0.15, -0.1) is 6.42 Å². The third-order valence-electron chi connectivity index (χ3n) is 4.80. The molecular weight excluding hydrogens is 296 g/mol. The highest BCUT2D eigenvalue weighted by Crippen LogP contribution is 2.18. The second kappa shape index (κ2) is 7.99. The van der Waals surface area contributed by atoms with Gasteiger partial charge in [0.25, 0.3) is 0 Å². The molecule has 0 saturated carbocycles. The largest absolute Gasteiger partial charge is 0.356 e. The maximum Gasteiger partial charge on any atom is 0.223 e. The summed E-state index contributed by atoms with van der Waals surface area (Å²) < 4.78 is 0. The van der Waals surface area contributed by atoms with E-state index in [0.29, 0.717) is 13.1 Å². The van der Waals surface area contributed by atoms with Gasteiger partial charge in [-0.05, 0) is 48.7 Å². The average Bonchev–Trinajstić information content (AvgIpc) is 2.62. The summed E-state index contributed by atoms with van der Waals surface area (Å²) in [5.74, 6) is 3.00. The summed E-state index contributed by atoms with van der Waals surface area (Å²) in [5, 5.41) is 5.60. The van der Waals surface area contributed by atoms with Crippen LogP contribution < -0.4 is 5.32 Å². The fourth-order valence-electron chi connectivity index (χ4n) is 3.35. The predicted molar refractivity (Wildman–Crippen MR) is 98.7 cm³/mol. The SMILES string of the molecule is C#CCN1CCC(C(=O)NCCc2ccc3ccccc3c2)CC1. The maximum absolute atomic E-state index is 12.3. The maximum atomic E-state index is 12.3. The van der Waals surface area contributed by atoms with Crippen molar-refractivity contribution in [2.24, 2.45) is 5.92 Å². The first-order valence-electron chi connectivity index (χ1n) is 8.67. The summed E-state index contributed by atoms with van der Waals surface area (Å²) in [4.78, 5) is 14.5. The predicted octanol–water partition coefficient (Wildman–Crippen LogP) is 2.84. The molecule has 0 radical (unpaired) electrons. The van der Waals surface area contributed by atoms with Crippen molar-refractivity contribution in [3.63, 3.8) is 0 Å². The number of terminal acetylenes is 1. The number of amides is 1. The van der Waals surface area contributed by atoms with Gasteiger partial charge in [0.15, 0.2) is 0 Å². The van der Waals surface area contributed by atoms with Gasteiger partial charge in [-0.2, -0.15) is 0 Å². The molecule has 1 N–H and O–H groups in total. The molecule has 0 spiro atoms. The van der Waals surface area contributed by atoms with Crippen LogP contribution in [0.15, 0.2) is 42.5 Å². The van der Waals surface area contributed by atoms with Crippen molar-refractivity contribution < 1.29 is 4.79 Å². The lowest BCUT2D eigenvalue weighted by Gasteiger charge is -2.29. The highest BCUT2D eigenvalue weighted by molar-refractivity contribution is 5.83. The van der Waals surface area contributed by atoms with Crippen LogP contribution in [0.5, 0.6) is 0 Å². The molecule has 2 aromatic carbocycles. The highest BCUT2D eigenvalue weighted by atomic mass is 16.1. The van der Waals surface area contributed by atoms with Crippen LogP contribution in [0.2, 0.25) is 0 Å². The van der Waals surface area contributed by atoms with Crippen molar-refractivity contribution >= 4 is 16.7 Å². The van der Waals surface area contributed by atoms with Gasteiger partial charge in [0.2, 0.25) is 5.91 Å². The molecule has 3 nitrogen and oxygen atoms in total. The van der Waals surface area contributed by atoms with Gasteiger partial charge in [-0.25, -0.2) is 0 Å². The summed E-state index contributed by atoms with van der Waals surface area (Å²) in [7, 11) is 0. The summed E-state index contributed by atoms with van der Waals surface area (Å²) in [6, 6.07) is 14.9. The standard InChI is InChI=1S/C21H24N2O/c1-2-13-23-14-10-19(11-15-23)21(24)22-12-9-17-7-8-18-5-3-4-6-20(18)16-17/h1,3-8,16,19H,9-15H2,(H,22,24). The summed E-state index contributed by atoms with van der Waals surface area (Å²) in [6.07, 6.45) is 8.02. The highest BCUT2D eigenvalue weighted by Gasteiger charge is 2.24. The number of fused-ring (bicyclic) bond motifs is 1. The number of piperidine rings is 1.